The summed E-state index contributed by atoms with van der Waals surface area (Å²) >= 11 is 5.33. The molecule has 1 aliphatic heterocycles. The lowest BCUT2D eigenvalue weighted by Crippen LogP contribution is -2.37. The maximum absolute atomic E-state index is 12.5. The molecular weight excluding hydrogens is 314 g/mol. The summed E-state index contributed by atoms with van der Waals surface area (Å²) in [6.45, 7) is 4.59. The fourth-order valence-corrected chi connectivity index (χ4v) is 3.78. The highest BCUT2D eigenvalue weighted by atomic mass is 32.2. The van der Waals surface area contributed by atoms with Gasteiger partial charge in [0.2, 0.25) is 5.12 Å². The molecule has 116 valence electrons. The molecule has 0 spiro atoms. The Morgan fingerprint density at radius 1 is 1.14 bits per heavy atom. The first kappa shape index (κ1) is 16.9. The predicted molar refractivity (Wildman–Crippen MR) is 96.6 cm³/mol. The number of amides is 1. The van der Waals surface area contributed by atoms with Gasteiger partial charge in [0.05, 0.1) is 0 Å². The monoisotopic (exact) mass is 333 g/mol. The highest BCUT2D eigenvalue weighted by molar-refractivity contribution is 8.05. The molecule has 1 aliphatic rings. The van der Waals surface area contributed by atoms with Crippen LogP contribution in [0.15, 0.2) is 42.5 Å². The zero-order valence-electron chi connectivity index (χ0n) is 12.7. The average molecular weight is 333 g/mol. The zero-order chi connectivity index (χ0) is 16.1. The number of nitrogens with zero attached hydrogens (tertiary/aromatic N) is 1. The molecule has 3 rings (SSSR count). The van der Waals surface area contributed by atoms with Gasteiger partial charge in [0, 0.05) is 17.9 Å². The summed E-state index contributed by atoms with van der Waals surface area (Å²) in [5.41, 5.74) is 0.616. The second kappa shape index (κ2) is 7.70. The Morgan fingerprint density at radius 3 is 2.50 bits per heavy atom. The van der Waals surface area contributed by atoms with E-state index in [0.717, 1.165) is 16.5 Å². The third-order valence-corrected chi connectivity index (χ3v) is 4.98. The van der Waals surface area contributed by atoms with Crippen molar-refractivity contribution in [3.8, 4) is 0 Å². The predicted octanol–water partition coefficient (Wildman–Crippen LogP) is 3.84. The summed E-state index contributed by atoms with van der Waals surface area (Å²) in [6.07, 6.45) is 0. The lowest BCUT2D eigenvalue weighted by Gasteiger charge is -2.21. The van der Waals surface area contributed by atoms with E-state index >= 15 is 0 Å². The van der Waals surface area contributed by atoms with Crippen LogP contribution in [0.25, 0.3) is 10.8 Å². The molecule has 2 aromatic rings. The molecule has 0 N–H and O–H groups in total. The van der Waals surface area contributed by atoms with Crippen LogP contribution in [0.2, 0.25) is 0 Å². The van der Waals surface area contributed by atoms with Crippen molar-refractivity contribution in [3.05, 3.63) is 48.0 Å². The normalized spacial score (nSPS) is 17.0. The molecule has 3 nitrogen and oxygen atoms in total. The Labute approximate surface area is 140 Å². The lowest BCUT2D eigenvalue weighted by atomic mass is 10.1. The first-order chi connectivity index (χ1) is 10.7. The fourth-order valence-electron chi connectivity index (χ4n) is 2.37. The Morgan fingerprint density at radius 2 is 1.82 bits per heavy atom. The standard InChI is InChI=1S/C15H13NO2S2.C2H6/c17-13(16-7-8-20-14(16)15(18)19)12-6-5-10-3-1-2-4-11(10)9-12;1-2/h1-6,9,14H,7-8H2,(H,18,19);1-2H3. The molecule has 0 radical (unpaired) electrons. The Hall–Kier alpha value is -1.46. The minimum Gasteiger partial charge on any atom is -0.318 e. The van der Waals surface area contributed by atoms with Crippen molar-refractivity contribution in [1.82, 2.24) is 4.90 Å². The van der Waals surface area contributed by atoms with Crippen molar-refractivity contribution in [3.63, 3.8) is 0 Å². The quantitative estimate of drug-likeness (QED) is 0.849. The molecule has 0 bridgehead atoms. The Balaban J connectivity index is 0.000000847. The van der Waals surface area contributed by atoms with Crippen molar-refractivity contribution in [2.45, 2.75) is 19.2 Å². The van der Waals surface area contributed by atoms with E-state index < -0.39 is 5.37 Å². The lowest BCUT2D eigenvalue weighted by molar-refractivity contribution is -0.112. The number of thioether (sulfide) groups is 1. The van der Waals surface area contributed by atoms with Crippen LogP contribution in [-0.4, -0.2) is 33.6 Å². The van der Waals surface area contributed by atoms with Gasteiger partial charge in [0.25, 0.3) is 5.91 Å². The van der Waals surface area contributed by atoms with Gasteiger partial charge in [-0.05, 0) is 22.9 Å². The van der Waals surface area contributed by atoms with Crippen LogP contribution in [0.5, 0.6) is 0 Å². The van der Waals surface area contributed by atoms with Gasteiger partial charge in [0.15, 0.2) is 0 Å². The van der Waals surface area contributed by atoms with Crippen LogP contribution >= 0.6 is 24.4 Å². The molecule has 1 amide bonds. The molecule has 2 aromatic carbocycles. The summed E-state index contributed by atoms with van der Waals surface area (Å²) in [7, 11) is 0. The molecule has 1 unspecified atom stereocenters. The van der Waals surface area contributed by atoms with Crippen molar-refractivity contribution in [2.75, 3.05) is 12.3 Å². The van der Waals surface area contributed by atoms with Crippen molar-refractivity contribution >= 4 is 46.2 Å². The van der Waals surface area contributed by atoms with Crippen LogP contribution in [0.4, 0.5) is 0 Å². The van der Waals surface area contributed by atoms with Crippen molar-refractivity contribution in [1.29, 1.82) is 0 Å². The van der Waals surface area contributed by atoms with Gasteiger partial charge in [-0.15, -0.1) is 24.4 Å². The van der Waals surface area contributed by atoms with Crippen LogP contribution in [0.3, 0.4) is 0 Å². The summed E-state index contributed by atoms with van der Waals surface area (Å²) in [4.78, 5) is 25.6. The SMILES string of the molecule is CC.O=C(S)C1SCCN1C(=O)c1ccc2ccccc2c1. The van der Waals surface area contributed by atoms with Crippen LogP contribution in [0.1, 0.15) is 24.2 Å². The number of benzene rings is 2. The molecule has 1 fully saturated rings. The molecule has 0 aromatic heterocycles. The largest absolute Gasteiger partial charge is 0.318 e. The third-order valence-electron chi connectivity index (χ3n) is 3.36. The van der Waals surface area contributed by atoms with E-state index in [9.17, 15) is 9.59 Å². The minimum absolute atomic E-state index is 0.104. The number of fused-ring (bicyclic) bond motifs is 1. The van der Waals surface area contributed by atoms with Gasteiger partial charge in [-0.3, -0.25) is 9.59 Å². The molecule has 0 aliphatic carbocycles. The van der Waals surface area contributed by atoms with Gasteiger partial charge in [-0.1, -0.05) is 44.2 Å². The molecule has 22 heavy (non-hydrogen) atoms. The van der Waals surface area contributed by atoms with E-state index in [1.165, 1.54) is 11.8 Å². The minimum atomic E-state index is -0.461. The highest BCUT2D eigenvalue weighted by Crippen LogP contribution is 2.28. The highest BCUT2D eigenvalue weighted by Gasteiger charge is 2.33. The van der Waals surface area contributed by atoms with Gasteiger partial charge in [0.1, 0.15) is 5.37 Å². The topological polar surface area (TPSA) is 37.4 Å². The van der Waals surface area contributed by atoms with Gasteiger partial charge in [-0.2, -0.15) is 0 Å². The van der Waals surface area contributed by atoms with Crippen LogP contribution < -0.4 is 0 Å². The zero-order valence-corrected chi connectivity index (χ0v) is 14.4. The Kier molecular flexibility index (Phi) is 5.91. The van der Waals surface area contributed by atoms with E-state index in [1.807, 2.05) is 56.3 Å². The van der Waals surface area contributed by atoms with Crippen LogP contribution in [0, 0.1) is 0 Å². The summed E-state index contributed by atoms with van der Waals surface area (Å²) in [5.74, 6) is 0.671. The molecule has 5 heteroatoms. The fraction of sp³-hybridized carbons (Fsp3) is 0.294. The first-order valence-corrected chi connectivity index (χ1v) is 8.80. The van der Waals surface area contributed by atoms with Gasteiger partial charge in [-0.25, -0.2) is 0 Å². The second-order valence-electron chi connectivity index (χ2n) is 4.62. The van der Waals surface area contributed by atoms with E-state index in [-0.39, 0.29) is 11.0 Å². The van der Waals surface area contributed by atoms with Crippen molar-refractivity contribution in [2.24, 2.45) is 0 Å². The van der Waals surface area contributed by atoms with Crippen molar-refractivity contribution < 1.29 is 9.59 Å². The van der Waals surface area contributed by atoms with E-state index in [4.69, 9.17) is 0 Å². The number of carbonyl (C=O) groups excluding carboxylic acids is 2. The third kappa shape index (κ3) is 3.47. The van der Waals surface area contributed by atoms with E-state index in [1.54, 1.807) is 4.90 Å². The van der Waals surface area contributed by atoms with Crippen LogP contribution in [-0.2, 0) is 4.79 Å². The summed E-state index contributed by atoms with van der Waals surface area (Å²) in [5, 5.41) is 1.40. The number of rotatable bonds is 2. The molecule has 1 saturated heterocycles. The maximum Gasteiger partial charge on any atom is 0.255 e. The molecule has 0 saturated carbocycles. The second-order valence-corrected chi connectivity index (χ2v) is 6.25. The number of carbonyl (C=O) groups is 2. The molecule has 1 heterocycles. The first-order valence-electron chi connectivity index (χ1n) is 7.31. The average Bonchev–Trinajstić information content (AvgIpc) is 3.05. The summed E-state index contributed by atoms with van der Waals surface area (Å²) < 4.78 is 0. The summed E-state index contributed by atoms with van der Waals surface area (Å²) in [6, 6.07) is 13.5. The number of hydrogen-bond acceptors (Lipinski definition) is 3. The molecular formula is C17H19NO2S2. The van der Waals surface area contributed by atoms with E-state index in [0.29, 0.717) is 12.1 Å². The van der Waals surface area contributed by atoms with E-state index in [2.05, 4.69) is 12.6 Å². The molecule has 1 atom stereocenters. The smallest absolute Gasteiger partial charge is 0.255 e. The van der Waals surface area contributed by atoms with Gasteiger partial charge < -0.3 is 4.90 Å². The number of hydrogen-bond donors (Lipinski definition) is 1. The Bertz CT molecular complexity index is 687. The number of thiol groups is 1. The maximum atomic E-state index is 12.5. The van der Waals surface area contributed by atoms with Gasteiger partial charge >= 0.3 is 0 Å².